The van der Waals surface area contributed by atoms with E-state index >= 15 is 0 Å². The average molecular weight is 392 g/mol. The van der Waals surface area contributed by atoms with Crippen molar-refractivity contribution in [2.24, 2.45) is 0 Å². The van der Waals surface area contributed by atoms with Crippen molar-refractivity contribution in [3.05, 3.63) is 65.5 Å². The third-order valence-electron chi connectivity index (χ3n) is 4.70. The monoisotopic (exact) mass is 392 g/mol. The molecule has 0 fully saturated rings. The van der Waals surface area contributed by atoms with Crippen molar-refractivity contribution in [2.45, 2.75) is 37.5 Å². The van der Waals surface area contributed by atoms with Crippen LogP contribution in [0.2, 0.25) is 0 Å². The number of alkyl halides is 3. The minimum absolute atomic E-state index is 0.143. The van der Waals surface area contributed by atoms with Gasteiger partial charge in [0, 0.05) is 35.8 Å². The predicted octanol–water partition coefficient (Wildman–Crippen LogP) is 2.60. The predicted molar refractivity (Wildman–Crippen MR) is 95.4 cm³/mol. The minimum Gasteiger partial charge on any atom is -0.349 e. The van der Waals surface area contributed by atoms with E-state index in [0.29, 0.717) is 11.3 Å². The fraction of sp³-hybridized carbons (Fsp3) is 0.316. The fourth-order valence-electron chi connectivity index (χ4n) is 3.25. The fourth-order valence-corrected chi connectivity index (χ4v) is 3.25. The Bertz CT molecular complexity index is 874. The molecule has 0 radical (unpaired) electrons. The van der Waals surface area contributed by atoms with E-state index in [0.717, 1.165) is 11.6 Å². The van der Waals surface area contributed by atoms with Crippen molar-refractivity contribution >= 4 is 11.8 Å². The van der Waals surface area contributed by atoms with E-state index < -0.39 is 24.0 Å². The molecule has 3 N–H and O–H groups in total. The van der Waals surface area contributed by atoms with Gasteiger partial charge in [-0.2, -0.15) is 18.3 Å². The smallest absolute Gasteiger partial charge is 0.349 e. The number of carbonyl (C=O) groups is 2. The number of hydrogen-bond donors (Lipinski definition) is 3. The van der Waals surface area contributed by atoms with Gasteiger partial charge in [0.05, 0.1) is 12.1 Å². The molecule has 0 saturated heterocycles. The summed E-state index contributed by atoms with van der Waals surface area (Å²) >= 11 is 0. The molecule has 1 aromatic carbocycles. The Balaban J connectivity index is 1.65. The molecule has 2 aromatic rings. The van der Waals surface area contributed by atoms with Crippen LogP contribution >= 0.6 is 0 Å². The molecule has 9 heteroatoms. The first-order chi connectivity index (χ1) is 13.3. The van der Waals surface area contributed by atoms with Crippen LogP contribution in [0.15, 0.2) is 43.1 Å². The van der Waals surface area contributed by atoms with Crippen LogP contribution in [-0.2, 0) is 17.8 Å². The van der Waals surface area contributed by atoms with Gasteiger partial charge in [-0.1, -0.05) is 18.7 Å². The van der Waals surface area contributed by atoms with Crippen molar-refractivity contribution in [3.8, 4) is 0 Å². The third kappa shape index (κ3) is 4.41. The highest BCUT2D eigenvalue weighted by atomic mass is 19.4. The SMILES string of the molecule is C=CC(=O)NCc1ccc(C(=O)NC2Cc3[nH]ncc3C(C(F)(F)F)C2)cc1. The van der Waals surface area contributed by atoms with Gasteiger partial charge in [0.25, 0.3) is 5.91 Å². The standard InChI is InChI=1S/C19H19F3N4O2/c1-2-17(27)23-9-11-3-5-12(6-4-11)18(28)25-13-7-15(19(20,21)22)14-10-24-26-16(14)8-13/h2-6,10,13,15H,1,7-9H2,(H,23,27)(H,24,26)(H,25,28). The summed E-state index contributed by atoms with van der Waals surface area (Å²) in [6, 6.07) is 5.82. The van der Waals surface area contributed by atoms with Gasteiger partial charge in [-0.3, -0.25) is 14.7 Å². The Morgan fingerprint density at radius 1 is 1.29 bits per heavy atom. The molecule has 0 spiro atoms. The van der Waals surface area contributed by atoms with Crippen LogP contribution < -0.4 is 10.6 Å². The van der Waals surface area contributed by atoms with E-state index in [1.54, 1.807) is 24.3 Å². The molecule has 1 aromatic heterocycles. The van der Waals surface area contributed by atoms with E-state index in [9.17, 15) is 22.8 Å². The zero-order valence-electron chi connectivity index (χ0n) is 14.8. The van der Waals surface area contributed by atoms with Gasteiger partial charge in [-0.15, -0.1) is 0 Å². The minimum atomic E-state index is -4.40. The maximum Gasteiger partial charge on any atom is 0.395 e. The van der Waals surface area contributed by atoms with E-state index in [2.05, 4.69) is 27.4 Å². The van der Waals surface area contributed by atoms with E-state index in [1.807, 2.05) is 0 Å². The zero-order valence-corrected chi connectivity index (χ0v) is 14.8. The first kappa shape index (κ1) is 19.7. The molecule has 28 heavy (non-hydrogen) atoms. The second-order valence-corrected chi connectivity index (χ2v) is 6.63. The van der Waals surface area contributed by atoms with E-state index in [4.69, 9.17) is 0 Å². The van der Waals surface area contributed by atoms with Crippen LogP contribution in [0, 0.1) is 0 Å². The lowest BCUT2D eigenvalue weighted by Crippen LogP contribution is -2.42. The largest absolute Gasteiger partial charge is 0.395 e. The number of aromatic nitrogens is 2. The second-order valence-electron chi connectivity index (χ2n) is 6.63. The van der Waals surface area contributed by atoms with E-state index in [1.165, 1.54) is 6.20 Å². The lowest BCUT2D eigenvalue weighted by molar-refractivity contribution is -0.154. The highest BCUT2D eigenvalue weighted by molar-refractivity contribution is 5.94. The number of aromatic amines is 1. The van der Waals surface area contributed by atoms with Gasteiger partial charge in [-0.25, -0.2) is 0 Å². The highest BCUT2D eigenvalue weighted by Gasteiger charge is 2.46. The van der Waals surface area contributed by atoms with Gasteiger partial charge in [0.2, 0.25) is 5.91 Å². The molecule has 2 unspecified atom stereocenters. The number of carbonyl (C=O) groups excluding carboxylic acids is 2. The summed E-state index contributed by atoms with van der Waals surface area (Å²) in [4.78, 5) is 23.6. The molecule has 1 heterocycles. The number of amides is 2. The van der Waals surface area contributed by atoms with Crippen LogP contribution in [0.3, 0.4) is 0 Å². The molecule has 2 atom stereocenters. The summed E-state index contributed by atoms with van der Waals surface area (Å²) in [6.07, 6.45) is -2.01. The maximum atomic E-state index is 13.3. The topological polar surface area (TPSA) is 86.9 Å². The quantitative estimate of drug-likeness (QED) is 0.684. The number of rotatable bonds is 5. The maximum absolute atomic E-state index is 13.3. The van der Waals surface area contributed by atoms with Gasteiger partial charge in [0.1, 0.15) is 0 Å². The van der Waals surface area contributed by atoms with Gasteiger partial charge in [0.15, 0.2) is 0 Å². The summed E-state index contributed by atoms with van der Waals surface area (Å²) in [7, 11) is 0. The van der Waals surface area contributed by atoms with Crippen molar-refractivity contribution < 1.29 is 22.8 Å². The third-order valence-corrected chi connectivity index (χ3v) is 4.70. The Kier molecular flexibility index (Phi) is 5.53. The molecule has 0 saturated carbocycles. The summed E-state index contributed by atoms with van der Waals surface area (Å²) in [5.74, 6) is -2.41. The number of nitrogens with zero attached hydrogens (tertiary/aromatic N) is 1. The Morgan fingerprint density at radius 2 is 2.00 bits per heavy atom. The first-order valence-corrected chi connectivity index (χ1v) is 8.67. The number of nitrogens with one attached hydrogen (secondary N) is 3. The van der Waals surface area contributed by atoms with Gasteiger partial charge < -0.3 is 10.6 Å². The van der Waals surface area contributed by atoms with Gasteiger partial charge in [-0.05, 0) is 30.2 Å². The number of benzene rings is 1. The number of fused-ring (bicyclic) bond motifs is 1. The molecular formula is C19H19F3N4O2. The van der Waals surface area contributed by atoms with Gasteiger partial charge >= 0.3 is 6.18 Å². The van der Waals surface area contributed by atoms with Crippen LogP contribution in [0.1, 0.15) is 39.5 Å². The molecule has 0 aliphatic heterocycles. The van der Waals surface area contributed by atoms with Crippen molar-refractivity contribution in [2.75, 3.05) is 0 Å². The molecule has 148 valence electrons. The van der Waals surface area contributed by atoms with Crippen LogP contribution in [0.4, 0.5) is 13.2 Å². The molecule has 0 bridgehead atoms. The van der Waals surface area contributed by atoms with Crippen molar-refractivity contribution in [3.63, 3.8) is 0 Å². The Hall–Kier alpha value is -3.10. The lowest BCUT2D eigenvalue weighted by Gasteiger charge is -2.30. The van der Waals surface area contributed by atoms with Crippen LogP contribution in [0.25, 0.3) is 0 Å². The number of hydrogen-bond acceptors (Lipinski definition) is 3. The second kappa shape index (κ2) is 7.87. The van der Waals surface area contributed by atoms with E-state index in [-0.39, 0.29) is 30.9 Å². The van der Waals surface area contributed by atoms with Crippen molar-refractivity contribution in [1.82, 2.24) is 20.8 Å². The van der Waals surface area contributed by atoms with Crippen LogP contribution in [-0.4, -0.2) is 34.2 Å². The number of halogens is 3. The van der Waals surface area contributed by atoms with Crippen LogP contribution in [0.5, 0.6) is 0 Å². The molecule has 3 rings (SSSR count). The normalized spacial score (nSPS) is 18.8. The number of H-pyrrole nitrogens is 1. The molecule has 1 aliphatic rings. The summed E-state index contributed by atoms with van der Waals surface area (Å²) in [6.45, 7) is 3.64. The Morgan fingerprint density at radius 3 is 2.64 bits per heavy atom. The summed E-state index contributed by atoms with van der Waals surface area (Å²) in [5.41, 5.74) is 1.65. The lowest BCUT2D eigenvalue weighted by atomic mass is 9.83. The summed E-state index contributed by atoms with van der Waals surface area (Å²) < 4.78 is 40.0. The summed E-state index contributed by atoms with van der Waals surface area (Å²) in [5, 5.41) is 11.6. The molecular weight excluding hydrogens is 373 g/mol. The highest BCUT2D eigenvalue weighted by Crippen LogP contribution is 2.42. The zero-order chi connectivity index (χ0) is 20.3. The average Bonchev–Trinajstić information content (AvgIpc) is 3.13. The Labute approximate surface area is 159 Å². The first-order valence-electron chi connectivity index (χ1n) is 8.67. The molecule has 2 amide bonds. The molecule has 1 aliphatic carbocycles. The van der Waals surface area contributed by atoms with Crippen molar-refractivity contribution in [1.29, 1.82) is 0 Å². The molecule has 6 nitrogen and oxygen atoms in total.